The molecule has 0 saturated carbocycles. The molecule has 0 spiro atoms. The number of aliphatic hydroxyl groups excluding tert-OH is 2. The first-order chi connectivity index (χ1) is 5.39. The van der Waals surface area contributed by atoms with Crippen LogP contribution in [0.3, 0.4) is 0 Å². The Bertz CT molecular complexity index is 194. The van der Waals surface area contributed by atoms with E-state index in [-0.39, 0.29) is 0 Å². The van der Waals surface area contributed by atoms with Crippen LogP contribution in [0, 0.1) is 5.41 Å². The summed E-state index contributed by atoms with van der Waals surface area (Å²) >= 11 is 0. The fraction of sp³-hybridized carbons (Fsp3) is 0.333. The van der Waals surface area contributed by atoms with Crippen molar-refractivity contribution in [2.24, 2.45) is 5.41 Å². The van der Waals surface area contributed by atoms with Gasteiger partial charge in [-0.05, 0) is 0 Å². The van der Waals surface area contributed by atoms with Gasteiger partial charge in [-0.2, -0.15) is 0 Å². The van der Waals surface area contributed by atoms with E-state index in [2.05, 4.69) is 6.58 Å². The van der Waals surface area contributed by atoms with Gasteiger partial charge in [0.25, 0.3) is 0 Å². The average molecular weight is 176 g/mol. The molecule has 0 rings (SSSR count). The zero-order valence-electron chi connectivity index (χ0n) is 6.02. The highest BCUT2D eigenvalue weighted by molar-refractivity contribution is 6.01. The number of aliphatic hydroxyl groups is 2. The van der Waals surface area contributed by atoms with E-state index >= 15 is 0 Å². The lowest BCUT2D eigenvalue weighted by molar-refractivity contribution is -0.166. The monoisotopic (exact) mass is 176 g/mol. The van der Waals surface area contributed by atoms with Gasteiger partial charge in [-0.25, -0.2) is 0 Å². The van der Waals surface area contributed by atoms with Crippen molar-refractivity contribution in [3.8, 4) is 0 Å². The highest BCUT2D eigenvalue weighted by Crippen LogP contribution is 2.24. The smallest absolute Gasteiger partial charge is 0.331 e. The van der Waals surface area contributed by atoms with E-state index in [1.807, 2.05) is 0 Å². The van der Waals surface area contributed by atoms with E-state index in [0.717, 1.165) is 0 Å². The summed E-state index contributed by atoms with van der Waals surface area (Å²) < 4.78 is 0. The van der Waals surface area contributed by atoms with Crippen molar-refractivity contribution in [2.75, 3.05) is 6.61 Å². The number of carboxylic acid groups (broad SMARTS) is 2. The molecule has 0 aliphatic rings. The topological polar surface area (TPSA) is 115 Å². The molecule has 0 amide bonds. The molecule has 0 bridgehead atoms. The number of carboxylic acids is 2. The van der Waals surface area contributed by atoms with Gasteiger partial charge in [-0.15, -0.1) is 0 Å². The van der Waals surface area contributed by atoms with Crippen molar-refractivity contribution < 1.29 is 30.0 Å². The standard InChI is InChI=1S/C6H8O6/c1-3(8)6(2-7,4(9)10)5(11)12/h7-8H,1-2H2,(H,9,10)(H,11,12). The normalized spacial score (nSPS) is 10.8. The van der Waals surface area contributed by atoms with Crippen molar-refractivity contribution in [2.45, 2.75) is 0 Å². The van der Waals surface area contributed by atoms with Gasteiger partial charge in [0.1, 0.15) is 5.76 Å². The van der Waals surface area contributed by atoms with Gasteiger partial charge >= 0.3 is 11.9 Å². The minimum Gasteiger partial charge on any atom is -0.511 e. The molecule has 0 saturated heterocycles. The Kier molecular flexibility index (Phi) is 2.81. The van der Waals surface area contributed by atoms with E-state index in [1.165, 1.54) is 0 Å². The third-order valence-corrected chi connectivity index (χ3v) is 1.46. The summed E-state index contributed by atoms with van der Waals surface area (Å²) in [5.74, 6) is -4.82. The van der Waals surface area contributed by atoms with E-state index in [9.17, 15) is 9.59 Å². The first-order valence-electron chi connectivity index (χ1n) is 2.85. The van der Waals surface area contributed by atoms with Crippen LogP contribution < -0.4 is 0 Å². The molecule has 0 aromatic carbocycles. The molecule has 0 heterocycles. The largest absolute Gasteiger partial charge is 0.511 e. The molecular formula is C6H8O6. The lowest BCUT2D eigenvalue weighted by Crippen LogP contribution is -2.44. The summed E-state index contributed by atoms with van der Waals surface area (Å²) in [6.45, 7) is 1.53. The Morgan fingerprint density at radius 2 is 1.50 bits per heavy atom. The predicted molar refractivity (Wildman–Crippen MR) is 36.6 cm³/mol. The molecule has 0 aliphatic heterocycles. The van der Waals surface area contributed by atoms with Gasteiger partial charge in [-0.1, -0.05) is 6.58 Å². The summed E-state index contributed by atoms with van der Waals surface area (Å²) in [6, 6.07) is 0. The molecule has 0 unspecified atom stereocenters. The van der Waals surface area contributed by atoms with E-state index in [0.29, 0.717) is 0 Å². The Labute approximate surface area is 67.4 Å². The summed E-state index contributed by atoms with van der Waals surface area (Å²) in [5.41, 5.74) is -2.71. The highest BCUT2D eigenvalue weighted by Gasteiger charge is 2.49. The molecule has 0 aromatic rings. The number of rotatable bonds is 4. The Balaban J connectivity index is 5.19. The van der Waals surface area contributed by atoms with Gasteiger partial charge in [0, 0.05) is 0 Å². The summed E-state index contributed by atoms with van der Waals surface area (Å²) in [5, 5.41) is 34.0. The van der Waals surface area contributed by atoms with Crippen LogP contribution in [-0.4, -0.2) is 39.0 Å². The third kappa shape index (κ3) is 1.24. The fourth-order valence-corrected chi connectivity index (χ4v) is 0.565. The predicted octanol–water partition coefficient (Wildman–Crippen LogP) is -0.794. The fourth-order valence-electron chi connectivity index (χ4n) is 0.565. The maximum atomic E-state index is 10.4. The number of carbonyl (C=O) groups is 2. The second kappa shape index (κ2) is 3.22. The van der Waals surface area contributed by atoms with Crippen molar-refractivity contribution in [1.82, 2.24) is 0 Å². The zero-order valence-corrected chi connectivity index (χ0v) is 6.02. The third-order valence-electron chi connectivity index (χ3n) is 1.46. The van der Waals surface area contributed by atoms with Crippen molar-refractivity contribution in [3.05, 3.63) is 12.3 Å². The molecule has 68 valence electrons. The van der Waals surface area contributed by atoms with Crippen LogP contribution in [0.25, 0.3) is 0 Å². The quantitative estimate of drug-likeness (QED) is 0.329. The summed E-state index contributed by atoms with van der Waals surface area (Å²) in [4.78, 5) is 20.7. The van der Waals surface area contributed by atoms with Crippen molar-refractivity contribution in [1.29, 1.82) is 0 Å². The zero-order chi connectivity index (χ0) is 9.94. The van der Waals surface area contributed by atoms with Crippen LogP contribution in [0.15, 0.2) is 12.3 Å². The van der Waals surface area contributed by atoms with Gasteiger partial charge in [0.2, 0.25) is 5.41 Å². The molecule has 6 heteroatoms. The van der Waals surface area contributed by atoms with Crippen molar-refractivity contribution in [3.63, 3.8) is 0 Å². The van der Waals surface area contributed by atoms with Gasteiger partial charge < -0.3 is 20.4 Å². The molecular weight excluding hydrogens is 168 g/mol. The summed E-state index contributed by atoms with van der Waals surface area (Å²) in [7, 11) is 0. The Morgan fingerprint density at radius 1 is 1.17 bits per heavy atom. The first-order valence-corrected chi connectivity index (χ1v) is 2.85. The molecule has 12 heavy (non-hydrogen) atoms. The van der Waals surface area contributed by atoms with Crippen LogP contribution in [0.2, 0.25) is 0 Å². The molecule has 0 fully saturated rings. The second-order valence-electron chi connectivity index (χ2n) is 2.12. The maximum Gasteiger partial charge on any atom is 0.331 e. The summed E-state index contributed by atoms with van der Waals surface area (Å²) in [6.07, 6.45) is 0. The first kappa shape index (κ1) is 10.4. The Morgan fingerprint density at radius 3 is 1.50 bits per heavy atom. The Hall–Kier alpha value is -1.56. The lowest BCUT2D eigenvalue weighted by atomic mass is 9.87. The van der Waals surface area contributed by atoms with Crippen LogP contribution >= 0.6 is 0 Å². The average Bonchev–Trinajstić information content (AvgIpc) is 1.86. The minimum atomic E-state index is -2.71. The molecule has 0 atom stereocenters. The highest BCUT2D eigenvalue weighted by atomic mass is 16.4. The van der Waals surface area contributed by atoms with Crippen LogP contribution in [0.5, 0.6) is 0 Å². The van der Waals surface area contributed by atoms with E-state index in [4.69, 9.17) is 20.4 Å². The van der Waals surface area contributed by atoms with E-state index < -0.39 is 29.7 Å². The van der Waals surface area contributed by atoms with Crippen LogP contribution in [-0.2, 0) is 9.59 Å². The number of hydrogen-bond donors (Lipinski definition) is 4. The SMILES string of the molecule is C=C(O)C(CO)(C(=O)O)C(=O)O. The van der Waals surface area contributed by atoms with Gasteiger partial charge in [-0.3, -0.25) is 9.59 Å². The van der Waals surface area contributed by atoms with E-state index in [1.54, 1.807) is 0 Å². The molecule has 4 N–H and O–H groups in total. The second-order valence-corrected chi connectivity index (χ2v) is 2.12. The lowest BCUT2D eigenvalue weighted by Gasteiger charge is -2.20. The number of aliphatic carboxylic acids is 2. The molecule has 0 radical (unpaired) electrons. The maximum absolute atomic E-state index is 10.4. The minimum absolute atomic E-state index is 1.11. The molecule has 0 aromatic heterocycles. The number of hydrogen-bond acceptors (Lipinski definition) is 4. The van der Waals surface area contributed by atoms with Crippen LogP contribution in [0.1, 0.15) is 0 Å². The van der Waals surface area contributed by atoms with Gasteiger partial charge in [0.15, 0.2) is 0 Å². The molecule has 6 nitrogen and oxygen atoms in total. The van der Waals surface area contributed by atoms with Crippen LogP contribution in [0.4, 0.5) is 0 Å². The van der Waals surface area contributed by atoms with Gasteiger partial charge in [0.05, 0.1) is 6.61 Å². The molecule has 0 aliphatic carbocycles. The van der Waals surface area contributed by atoms with Crippen molar-refractivity contribution >= 4 is 11.9 Å².